The number of hydrazine groups is 1. The molecule has 2 bridgehead atoms. The minimum atomic E-state index is -1.41. The van der Waals surface area contributed by atoms with Gasteiger partial charge in [0.1, 0.15) is 11.9 Å². The van der Waals surface area contributed by atoms with Gasteiger partial charge in [-0.05, 0) is 18.2 Å². The minimum Gasteiger partial charge on any atom is -0.442 e. The van der Waals surface area contributed by atoms with Gasteiger partial charge in [0.15, 0.2) is 0 Å². The maximum absolute atomic E-state index is 12.8. The number of rotatable bonds is 1. The maximum Gasteiger partial charge on any atom is 0.341 e. The van der Waals surface area contributed by atoms with E-state index in [1.54, 1.807) is 18.2 Å². The molecule has 0 saturated carbocycles. The third-order valence-electron chi connectivity index (χ3n) is 4.58. The molecular formula is C18H14N2O5. The third kappa shape index (κ3) is 1.82. The lowest BCUT2D eigenvalue weighted by Crippen LogP contribution is -2.67. The van der Waals surface area contributed by atoms with Gasteiger partial charge in [0.25, 0.3) is 5.91 Å². The summed E-state index contributed by atoms with van der Waals surface area (Å²) in [5.41, 5.74) is 4.82. The molecule has 1 spiro atoms. The number of hydrogen-bond donors (Lipinski definition) is 1. The molecule has 2 aromatic carbocycles. The predicted molar refractivity (Wildman–Crippen MR) is 83.9 cm³/mol. The van der Waals surface area contributed by atoms with Crippen molar-refractivity contribution in [1.29, 1.82) is 0 Å². The number of carbonyl (C=O) groups excluding carboxylic acids is 2. The Kier molecular flexibility index (Phi) is 2.78. The molecule has 5 rings (SSSR count). The highest BCUT2D eigenvalue weighted by molar-refractivity contribution is 5.99. The number of nitrogens with zero attached hydrogens (tertiary/aromatic N) is 1. The first kappa shape index (κ1) is 14.4. The van der Waals surface area contributed by atoms with Crippen molar-refractivity contribution in [3.05, 3.63) is 65.2 Å². The first-order valence-electron chi connectivity index (χ1n) is 7.93. The Labute approximate surface area is 143 Å². The first-order valence-corrected chi connectivity index (χ1v) is 7.93. The second-order valence-corrected chi connectivity index (χ2v) is 6.11. The molecule has 3 atom stereocenters. The second-order valence-electron chi connectivity index (χ2n) is 6.11. The molecule has 3 heterocycles. The van der Waals surface area contributed by atoms with Gasteiger partial charge in [0, 0.05) is 12.5 Å². The van der Waals surface area contributed by atoms with Crippen molar-refractivity contribution < 1.29 is 23.8 Å². The number of ether oxygens (including phenoxy) is 3. The molecule has 3 aliphatic heterocycles. The summed E-state index contributed by atoms with van der Waals surface area (Å²) in [5, 5.41) is 1.26. The standard InChI is InChI=1S/C18H14N2O5/c1-10(21)23-16-15-12-7-3-5-9-14(12)24-18(25-15)13-8-4-2-6-11(13)17(22)20(18)19-16/h2-9,15-16,19H,1H3/t15-,16?,18-/m1/s1. The van der Waals surface area contributed by atoms with Gasteiger partial charge in [-0.1, -0.05) is 30.3 Å². The average Bonchev–Trinajstić information content (AvgIpc) is 2.84. The number of hydrogen-bond acceptors (Lipinski definition) is 6. The molecule has 126 valence electrons. The monoisotopic (exact) mass is 338 g/mol. The molecule has 3 aliphatic rings. The number of carbonyl (C=O) groups is 2. The molecule has 1 saturated heterocycles. The van der Waals surface area contributed by atoms with Crippen LogP contribution in [0.5, 0.6) is 5.75 Å². The Bertz CT molecular complexity index is 914. The molecule has 7 nitrogen and oxygen atoms in total. The zero-order valence-electron chi connectivity index (χ0n) is 13.3. The quantitative estimate of drug-likeness (QED) is 0.799. The van der Waals surface area contributed by atoms with E-state index < -0.39 is 24.2 Å². The summed E-state index contributed by atoms with van der Waals surface area (Å²) in [6, 6.07) is 14.5. The first-order chi connectivity index (χ1) is 12.1. The summed E-state index contributed by atoms with van der Waals surface area (Å²) in [6.07, 6.45) is -1.45. The smallest absolute Gasteiger partial charge is 0.341 e. The van der Waals surface area contributed by atoms with Crippen molar-refractivity contribution in [1.82, 2.24) is 10.4 Å². The Balaban J connectivity index is 1.71. The van der Waals surface area contributed by atoms with E-state index in [9.17, 15) is 9.59 Å². The van der Waals surface area contributed by atoms with Crippen LogP contribution < -0.4 is 10.2 Å². The van der Waals surface area contributed by atoms with E-state index in [-0.39, 0.29) is 5.91 Å². The molecule has 1 N–H and O–H groups in total. The SMILES string of the molecule is CC(=O)OC1NN2C(=O)c3ccccc3[C@]23Oc2ccccc2[C@H]1O3. The van der Waals surface area contributed by atoms with E-state index in [4.69, 9.17) is 14.2 Å². The Morgan fingerprint density at radius 1 is 1.20 bits per heavy atom. The molecule has 0 aromatic heterocycles. The molecule has 0 aliphatic carbocycles. The molecule has 1 unspecified atom stereocenters. The van der Waals surface area contributed by atoms with Crippen LogP contribution in [0.4, 0.5) is 0 Å². The average molecular weight is 338 g/mol. The summed E-state index contributed by atoms with van der Waals surface area (Å²) >= 11 is 0. The van der Waals surface area contributed by atoms with Gasteiger partial charge in [0.05, 0.1) is 11.1 Å². The Hall–Kier alpha value is -2.90. The highest BCUT2D eigenvalue weighted by Crippen LogP contribution is 2.52. The van der Waals surface area contributed by atoms with E-state index in [0.29, 0.717) is 16.9 Å². The van der Waals surface area contributed by atoms with Crippen molar-refractivity contribution in [3.63, 3.8) is 0 Å². The lowest BCUT2D eigenvalue weighted by molar-refractivity contribution is -0.366. The van der Waals surface area contributed by atoms with Gasteiger partial charge >= 0.3 is 11.9 Å². The topological polar surface area (TPSA) is 77.1 Å². The molecule has 7 heteroatoms. The van der Waals surface area contributed by atoms with Crippen LogP contribution in [0.2, 0.25) is 0 Å². The number of fused-ring (bicyclic) bond motifs is 4. The van der Waals surface area contributed by atoms with Crippen LogP contribution in [0.1, 0.15) is 34.5 Å². The van der Waals surface area contributed by atoms with Crippen molar-refractivity contribution in [2.45, 2.75) is 25.2 Å². The Morgan fingerprint density at radius 2 is 1.96 bits per heavy atom. The van der Waals surface area contributed by atoms with E-state index >= 15 is 0 Å². The summed E-state index contributed by atoms with van der Waals surface area (Å²) in [4.78, 5) is 24.4. The lowest BCUT2D eigenvalue weighted by Gasteiger charge is -2.50. The summed E-state index contributed by atoms with van der Waals surface area (Å²) in [6.45, 7) is 1.31. The van der Waals surface area contributed by atoms with E-state index in [0.717, 1.165) is 5.56 Å². The molecule has 2 aromatic rings. The zero-order chi connectivity index (χ0) is 17.2. The van der Waals surface area contributed by atoms with Crippen molar-refractivity contribution in [2.75, 3.05) is 0 Å². The largest absolute Gasteiger partial charge is 0.442 e. The molecule has 25 heavy (non-hydrogen) atoms. The number of para-hydroxylation sites is 1. The third-order valence-corrected chi connectivity index (χ3v) is 4.58. The van der Waals surface area contributed by atoms with Gasteiger partial charge in [0.2, 0.25) is 6.23 Å². The van der Waals surface area contributed by atoms with Gasteiger partial charge in [-0.3, -0.25) is 9.59 Å². The fraction of sp³-hybridized carbons (Fsp3) is 0.222. The van der Waals surface area contributed by atoms with Crippen molar-refractivity contribution in [3.8, 4) is 5.75 Å². The van der Waals surface area contributed by atoms with Crippen molar-refractivity contribution in [2.24, 2.45) is 0 Å². The molecular weight excluding hydrogens is 324 g/mol. The normalized spacial score (nSPS) is 28.5. The highest BCUT2D eigenvalue weighted by atomic mass is 16.8. The number of amides is 1. The van der Waals surface area contributed by atoms with Crippen LogP contribution in [-0.2, 0) is 20.2 Å². The van der Waals surface area contributed by atoms with Crippen LogP contribution >= 0.6 is 0 Å². The highest BCUT2D eigenvalue weighted by Gasteiger charge is 2.63. The summed E-state index contributed by atoms with van der Waals surface area (Å²) < 4.78 is 17.7. The van der Waals surface area contributed by atoms with Gasteiger partial charge in [-0.15, -0.1) is 0 Å². The van der Waals surface area contributed by atoms with Crippen LogP contribution in [0.25, 0.3) is 0 Å². The van der Waals surface area contributed by atoms with Gasteiger partial charge in [-0.2, -0.15) is 10.4 Å². The number of benzene rings is 2. The molecule has 1 fully saturated rings. The van der Waals surface area contributed by atoms with Crippen LogP contribution in [0, 0.1) is 0 Å². The second kappa shape index (κ2) is 4.81. The number of nitrogens with one attached hydrogen (secondary N) is 1. The summed E-state index contributed by atoms with van der Waals surface area (Å²) in [7, 11) is 0. The van der Waals surface area contributed by atoms with Gasteiger partial charge in [-0.25, -0.2) is 0 Å². The van der Waals surface area contributed by atoms with Crippen molar-refractivity contribution >= 4 is 11.9 Å². The summed E-state index contributed by atoms with van der Waals surface area (Å²) in [5.74, 6) is -1.59. The van der Waals surface area contributed by atoms with E-state index in [2.05, 4.69) is 5.43 Å². The molecule has 0 radical (unpaired) electrons. The van der Waals surface area contributed by atoms with E-state index in [1.807, 2.05) is 30.3 Å². The van der Waals surface area contributed by atoms with Gasteiger partial charge < -0.3 is 14.2 Å². The van der Waals surface area contributed by atoms with Crippen LogP contribution in [0.15, 0.2) is 48.5 Å². The lowest BCUT2D eigenvalue weighted by atomic mass is 10.0. The minimum absolute atomic E-state index is 0.300. The Morgan fingerprint density at radius 3 is 2.80 bits per heavy atom. The van der Waals surface area contributed by atoms with Crippen LogP contribution in [-0.4, -0.2) is 23.1 Å². The van der Waals surface area contributed by atoms with E-state index in [1.165, 1.54) is 11.9 Å². The fourth-order valence-electron chi connectivity index (χ4n) is 3.58. The van der Waals surface area contributed by atoms with Crippen LogP contribution in [0.3, 0.4) is 0 Å². The number of esters is 1. The molecule has 1 amide bonds. The fourth-order valence-corrected chi connectivity index (χ4v) is 3.58. The predicted octanol–water partition coefficient (Wildman–Crippen LogP) is 1.81. The maximum atomic E-state index is 12.8. The zero-order valence-corrected chi connectivity index (χ0v) is 13.3.